The number of nitrogens with zero attached hydrogens (tertiary/aromatic N) is 3. The summed E-state index contributed by atoms with van der Waals surface area (Å²) in [6.07, 6.45) is 4.79. The van der Waals surface area contributed by atoms with Crippen molar-refractivity contribution in [2.24, 2.45) is 22.2 Å². The first-order chi connectivity index (χ1) is 18.5. The Labute approximate surface area is 223 Å². The minimum atomic E-state index is -1.62. The monoisotopic (exact) mass is 549 g/mol. The second-order valence-corrected chi connectivity index (χ2v) is 8.80. The van der Waals surface area contributed by atoms with E-state index < -0.39 is 54.0 Å². The number of amides is 3. The van der Waals surface area contributed by atoms with Gasteiger partial charge in [0.1, 0.15) is 12.1 Å². The molecule has 2 aromatic heterocycles. The van der Waals surface area contributed by atoms with Crippen LogP contribution in [0.4, 0.5) is 0 Å². The maximum Gasteiger partial charge on any atom is 0.328 e. The lowest BCUT2D eigenvalue weighted by molar-refractivity contribution is -0.145. The van der Waals surface area contributed by atoms with Gasteiger partial charge in [-0.3, -0.25) is 19.4 Å². The van der Waals surface area contributed by atoms with Crippen molar-refractivity contribution in [2.75, 3.05) is 6.54 Å². The van der Waals surface area contributed by atoms with E-state index in [0.717, 1.165) is 0 Å². The number of aromatic amines is 2. The van der Waals surface area contributed by atoms with E-state index in [1.54, 1.807) is 0 Å². The van der Waals surface area contributed by atoms with Gasteiger partial charge in [0, 0.05) is 43.2 Å². The number of nitrogens with one attached hydrogen (secondary N) is 5. The van der Waals surface area contributed by atoms with E-state index >= 15 is 0 Å². The third-order valence-corrected chi connectivity index (χ3v) is 5.57. The number of aliphatic hydroxyl groups excluding tert-OH is 1. The van der Waals surface area contributed by atoms with Gasteiger partial charge in [-0.15, -0.1) is 0 Å². The van der Waals surface area contributed by atoms with Gasteiger partial charge in [-0.2, -0.15) is 0 Å². The molecule has 2 heterocycles. The third kappa shape index (κ3) is 10.4. The summed E-state index contributed by atoms with van der Waals surface area (Å²) in [7, 11) is 0. The normalized spacial score (nSPS) is 14.7. The lowest BCUT2D eigenvalue weighted by atomic mass is 10.1. The standard InChI is InChI=1S/C22H35N11O6/c1-11(34)17(21(38)39)33-20(37)16(6-13-8-27-10-30-13)32-19(36)15(3-2-4-28-22(24)25)31-18(35)14(23)5-12-7-26-9-29-12/h7-11,14-17,34H,2-6,23H2,1H3,(H,26,29)(H,27,30)(H,31,35)(H,32,36)(H,33,37)(H,38,39)(H4,24,25,28). The Morgan fingerprint density at radius 1 is 0.949 bits per heavy atom. The van der Waals surface area contributed by atoms with Crippen LogP contribution in [0.5, 0.6) is 0 Å². The van der Waals surface area contributed by atoms with Gasteiger partial charge in [-0.05, 0) is 19.8 Å². The molecule has 0 aliphatic rings. The van der Waals surface area contributed by atoms with Crippen LogP contribution in [0, 0.1) is 0 Å². The number of hydrogen-bond acceptors (Lipinski definition) is 9. The van der Waals surface area contributed by atoms with Crippen molar-refractivity contribution in [3.8, 4) is 0 Å². The molecule has 39 heavy (non-hydrogen) atoms. The maximum atomic E-state index is 13.3. The zero-order chi connectivity index (χ0) is 28.9. The van der Waals surface area contributed by atoms with Crippen LogP contribution >= 0.6 is 0 Å². The number of aliphatic hydroxyl groups is 1. The molecule has 0 aliphatic heterocycles. The van der Waals surface area contributed by atoms with Crippen molar-refractivity contribution in [2.45, 2.75) is 62.9 Å². The summed E-state index contributed by atoms with van der Waals surface area (Å²) in [5.41, 5.74) is 17.8. The number of carbonyl (C=O) groups is 4. The molecule has 0 radical (unpaired) electrons. The van der Waals surface area contributed by atoms with Crippen molar-refractivity contribution in [1.29, 1.82) is 0 Å². The minimum Gasteiger partial charge on any atom is -0.480 e. The number of aromatic nitrogens is 4. The van der Waals surface area contributed by atoms with Crippen molar-refractivity contribution in [3.05, 3.63) is 36.4 Å². The van der Waals surface area contributed by atoms with Crippen LogP contribution < -0.4 is 33.2 Å². The number of aliphatic carboxylic acids is 1. The lowest BCUT2D eigenvalue weighted by Gasteiger charge is -2.25. The van der Waals surface area contributed by atoms with E-state index in [4.69, 9.17) is 17.2 Å². The summed E-state index contributed by atoms with van der Waals surface area (Å²) in [6, 6.07) is -5.04. The highest BCUT2D eigenvalue weighted by Crippen LogP contribution is 2.06. The van der Waals surface area contributed by atoms with Crippen molar-refractivity contribution < 1.29 is 29.4 Å². The Balaban J connectivity index is 2.19. The van der Waals surface area contributed by atoms with Crippen LogP contribution in [0.3, 0.4) is 0 Å². The molecule has 5 unspecified atom stereocenters. The number of H-pyrrole nitrogens is 2. The number of carbonyl (C=O) groups excluding carboxylic acids is 3. The highest BCUT2D eigenvalue weighted by atomic mass is 16.4. The third-order valence-electron chi connectivity index (χ3n) is 5.57. The molecule has 13 N–H and O–H groups in total. The summed E-state index contributed by atoms with van der Waals surface area (Å²) in [6.45, 7) is 1.38. The summed E-state index contributed by atoms with van der Waals surface area (Å²) in [5.74, 6) is -3.82. The molecule has 214 valence electrons. The van der Waals surface area contributed by atoms with Gasteiger partial charge in [-0.1, -0.05) is 0 Å². The first-order valence-corrected chi connectivity index (χ1v) is 12.0. The van der Waals surface area contributed by atoms with E-state index in [9.17, 15) is 29.4 Å². The van der Waals surface area contributed by atoms with E-state index in [0.29, 0.717) is 17.8 Å². The average Bonchev–Trinajstić information content (AvgIpc) is 3.57. The van der Waals surface area contributed by atoms with Crippen molar-refractivity contribution in [1.82, 2.24) is 35.9 Å². The molecule has 0 aliphatic carbocycles. The average molecular weight is 550 g/mol. The molecule has 17 heteroatoms. The van der Waals surface area contributed by atoms with Gasteiger partial charge in [0.2, 0.25) is 17.7 Å². The molecular formula is C22H35N11O6. The fourth-order valence-electron chi connectivity index (χ4n) is 3.52. The number of carboxylic acids is 1. The van der Waals surface area contributed by atoms with E-state index in [1.165, 1.54) is 32.0 Å². The van der Waals surface area contributed by atoms with Gasteiger partial charge >= 0.3 is 5.97 Å². The smallest absolute Gasteiger partial charge is 0.328 e. The van der Waals surface area contributed by atoms with E-state index in [1.807, 2.05) is 0 Å². The molecule has 2 aromatic rings. The predicted molar refractivity (Wildman–Crippen MR) is 138 cm³/mol. The Hall–Kier alpha value is -4.51. The van der Waals surface area contributed by atoms with Crippen LogP contribution in [0.25, 0.3) is 0 Å². The fraction of sp³-hybridized carbons (Fsp3) is 0.500. The molecular weight excluding hydrogens is 514 g/mol. The molecule has 0 spiro atoms. The minimum absolute atomic E-state index is 0.0856. The summed E-state index contributed by atoms with van der Waals surface area (Å²) in [5, 5.41) is 26.4. The first kappa shape index (κ1) is 30.7. The first-order valence-electron chi connectivity index (χ1n) is 12.0. The van der Waals surface area contributed by atoms with Crippen LogP contribution in [-0.2, 0) is 32.0 Å². The summed E-state index contributed by atoms with van der Waals surface area (Å²) >= 11 is 0. The van der Waals surface area contributed by atoms with Crippen molar-refractivity contribution in [3.63, 3.8) is 0 Å². The quantitative estimate of drug-likeness (QED) is 0.0550. The number of hydrogen-bond donors (Lipinski definition) is 10. The van der Waals surface area contributed by atoms with E-state index in [2.05, 4.69) is 40.9 Å². The van der Waals surface area contributed by atoms with Gasteiger partial charge in [-0.25, -0.2) is 14.8 Å². The zero-order valence-electron chi connectivity index (χ0n) is 21.3. The second kappa shape index (κ2) is 15.0. The van der Waals surface area contributed by atoms with Gasteiger partial charge in [0.05, 0.1) is 24.8 Å². The van der Waals surface area contributed by atoms with Gasteiger partial charge in [0.15, 0.2) is 12.0 Å². The Morgan fingerprint density at radius 2 is 1.51 bits per heavy atom. The Morgan fingerprint density at radius 3 is 2.03 bits per heavy atom. The number of rotatable bonds is 16. The van der Waals surface area contributed by atoms with Crippen LogP contribution in [0.2, 0.25) is 0 Å². The Kier molecular flexibility index (Phi) is 11.8. The molecule has 0 aromatic carbocycles. The molecule has 0 saturated carbocycles. The van der Waals surface area contributed by atoms with Crippen LogP contribution in [0.1, 0.15) is 31.2 Å². The van der Waals surface area contributed by atoms with E-state index in [-0.39, 0.29) is 31.8 Å². The molecule has 2 rings (SSSR count). The molecule has 0 saturated heterocycles. The maximum absolute atomic E-state index is 13.3. The highest BCUT2D eigenvalue weighted by molar-refractivity contribution is 5.94. The molecule has 17 nitrogen and oxygen atoms in total. The number of imidazole rings is 2. The SMILES string of the molecule is CC(O)C(NC(=O)C(Cc1cnc[nH]1)NC(=O)C(CCCN=C(N)N)NC(=O)C(N)Cc1cnc[nH]1)C(=O)O. The predicted octanol–water partition coefficient (Wildman–Crippen LogP) is -3.78. The van der Waals surface area contributed by atoms with Crippen LogP contribution in [-0.4, -0.2) is 96.6 Å². The molecule has 0 fully saturated rings. The topological polar surface area (TPSA) is 293 Å². The van der Waals surface area contributed by atoms with Gasteiger partial charge in [0.25, 0.3) is 0 Å². The lowest BCUT2D eigenvalue weighted by Crippen LogP contribution is -2.59. The van der Waals surface area contributed by atoms with Gasteiger partial charge < -0.3 is 53.3 Å². The van der Waals surface area contributed by atoms with Crippen molar-refractivity contribution >= 4 is 29.7 Å². The highest BCUT2D eigenvalue weighted by Gasteiger charge is 2.32. The number of carboxylic acid groups (broad SMARTS) is 1. The fourth-order valence-corrected chi connectivity index (χ4v) is 3.52. The summed E-state index contributed by atoms with van der Waals surface area (Å²) in [4.78, 5) is 67.8. The zero-order valence-corrected chi connectivity index (χ0v) is 21.3. The van der Waals surface area contributed by atoms with Crippen LogP contribution in [0.15, 0.2) is 30.0 Å². The number of aliphatic imine (C=N–C) groups is 1. The molecule has 5 atom stereocenters. The Bertz CT molecular complexity index is 1100. The molecule has 0 bridgehead atoms. The number of nitrogens with two attached hydrogens (primary N) is 3. The molecule has 3 amide bonds. The summed E-state index contributed by atoms with van der Waals surface area (Å²) < 4.78 is 0. The second-order valence-electron chi connectivity index (χ2n) is 8.80. The largest absolute Gasteiger partial charge is 0.480 e. The number of guanidine groups is 1.